The lowest BCUT2D eigenvalue weighted by molar-refractivity contribution is -0.127. The molecule has 1 saturated heterocycles. The molecule has 204 valence electrons. The Hall–Kier alpha value is -4.19. The van der Waals surface area contributed by atoms with Gasteiger partial charge in [0, 0.05) is 33.7 Å². The van der Waals surface area contributed by atoms with E-state index < -0.39 is 28.8 Å². The van der Waals surface area contributed by atoms with Gasteiger partial charge in [-0.2, -0.15) is 0 Å². The molecule has 2 heterocycles. The van der Waals surface area contributed by atoms with E-state index in [2.05, 4.69) is 6.07 Å². The Kier molecular flexibility index (Phi) is 5.81. The molecule has 1 fully saturated rings. The third kappa shape index (κ3) is 3.38. The summed E-state index contributed by atoms with van der Waals surface area (Å²) in [5.41, 5.74) is 1.93. The number of benzene rings is 3. The molecular weight excluding hydrogens is 502 g/mol. The molecule has 1 aliphatic carbocycles. The summed E-state index contributed by atoms with van der Waals surface area (Å²) < 4.78 is 11.4. The lowest BCUT2D eigenvalue weighted by Gasteiger charge is -2.38. The monoisotopic (exact) mass is 535 g/mol. The van der Waals surface area contributed by atoms with Gasteiger partial charge in [0.1, 0.15) is 16.9 Å². The van der Waals surface area contributed by atoms with Gasteiger partial charge in [0.15, 0.2) is 17.3 Å². The molecule has 6 nitrogen and oxygen atoms in total. The van der Waals surface area contributed by atoms with Crippen LogP contribution < -0.4 is 14.4 Å². The zero-order chi connectivity index (χ0) is 28.6. The number of methoxy groups -OCH3 is 2. The van der Waals surface area contributed by atoms with Crippen LogP contribution in [-0.4, -0.2) is 43.7 Å². The normalized spacial score (nSPS) is 22.2. The number of Topliss-reactive ketones (excluding diaryl/α,β-unsaturated/α-hetero) is 3. The first-order chi connectivity index (χ1) is 19.0. The Labute approximate surface area is 234 Å². The van der Waals surface area contributed by atoms with Gasteiger partial charge in [-0.05, 0) is 42.8 Å². The summed E-state index contributed by atoms with van der Waals surface area (Å²) >= 11 is 0. The highest BCUT2D eigenvalue weighted by Crippen LogP contribution is 2.62. The summed E-state index contributed by atoms with van der Waals surface area (Å²) in [4.78, 5) is 46.1. The number of carbonyl (C=O) groups excluding carboxylic acids is 3. The highest BCUT2D eigenvalue weighted by Gasteiger charge is 2.72. The van der Waals surface area contributed by atoms with Gasteiger partial charge >= 0.3 is 0 Å². The Balaban J connectivity index is 1.74. The zero-order valence-electron chi connectivity index (χ0n) is 23.6. The maximum atomic E-state index is 14.7. The third-order valence-corrected chi connectivity index (χ3v) is 8.74. The number of aryl methyl sites for hydroxylation is 1. The maximum Gasteiger partial charge on any atom is 0.180 e. The van der Waals surface area contributed by atoms with Crippen molar-refractivity contribution in [2.24, 2.45) is 10.8 Å². The quantitative estimate of drug-likeness (QED) is 0.378. The van der Waals surface area contributed by atoms with Crippen molar-refractivity contribution in [3.63, 3.8) is 0 Å². The third-order valence-electron chi connectivity index (χ3n) is 8.74. The molecule has 3 atom stereocenters. The minimum atomic E-state index is -1.58. The number of nitrogens with zero attached hydrogens (tertiary/aromatic N) is 1. The van der Waals surface area contributed by atoms with Crippen LogP contribution in [0.2, 0.25) is 0 Å². The summed E-state index contributed by atoms with van der Waals surface area (Å²) in [5, 5.41) is 0. The molecule has 3 aliphatic rings. The average molecular weight is 536 g/mol. The van der Waals surface area contributed by atoms with E-state index in [1.807, 2.05) is 62.9 Å². The topological polar surface area (TPSA) is 72.9 Å². The smallest absolute Gasteiger partial charge is 0.180 e. The molecule has 0 bridgehead atoms. The first kappa shape index (κ1) is 26.1. The molecule has 6 heteroatoms. The predicted octanol–water partition coefficient (Wildman–Crippen LogP) is 6.06. The number of hydrogen-bond acceptors (Lipinski definition) is 6. The van der Waals surface area contributed by atoms with E-state index in [1.165, 1.54) is 0 Å². The second kappa shape index (κ2) is 8.91. The summed E-state index contributed by atoms with van der Waals surface area (Å²) in [6, 6.07) is 17.0. The molecule has 0 saturated carbocycles. The minimum Gasteiger partial charge on any atom is -0.497 e. The second-order valence-corrected chi connectivity index (χ2v) is 12.0. The largest absolute Gasteiger partial charge is 0.497 e. The number of anilines is 1. The summed E-state index contributed by atoms with van der Waals surface area (Å²) in [6.45, 7) is 7.68. The number of carbonyl (C=O) groups is 3. The molecule has 0 amide bonds. The van der Waals surface area contributed by atoms with Gasteiger partial charge < -0.3 is 14.4 Å². The van der Waals surface area contributed by atoms with Crippen LogP contribution in [0.4, 0.5) is 5.69 Å². The van der Waals surface area contributed by atoms with Crippen molar-refractivity contribution < 1.29 is 23.9 Å². The number of rotatable bonds is 4. The fourth-order valence-corrected chi connectivity index (χ4v) is 6.97. The molecule has 6 rings (SSSR count). The van der Waals surface area contributed by atoms with E-state index in [-0.39, 0.29) is 17.3 Å². The fraction of sp³-hybridized carbons (Fsp3) is 0.324. The number of ether oxygens (including phenoxy) is 2. The van der Waals surface area contributed by atoms with Gasteiger partial charge in [0.25, 0.3) is 0 Å². The Morgan fingerprint density at radius 3 is 2.17 bits per heavy atom. The van der Waals surface area contributed by atoms with Crippen molar-refractivity contribution in [3.05, 3.63) is 94.6 Å². The zero-order valence-corrected chi connectivity index (χ0v) is 23.6. The van der Waals surface area contributed by atoms with Gasteiger partial charge in [-0.25, -0.2) is 0 Å². The van der Waals surface area contributed by atoms with E-state index in [0.29, 0.717) is 28.2 Å². The number of fused-ring (bicyclic) bond motifs is 5. The molecule has 0 N–H and O–H groups in total. The van der Waals surface area contributed by atoms with Crippen LogP contribution in [0.1, 0.15) is 64.1 Å². The van der Waals surface area contributed by atoms with Gasteiger partial charge in [0.2, 0.25) is 0 Å². The Morgan fingerprint density at radius 2 is 1.57 bits per heavy atom. The molecule has 40 heavy (non-hydrogen) atoms. The molecular formula is C34H33NO5. The van der Waals surface area contributed by atoms with Crippen molar-refractivity contribution in [1.29, 1.82) is 0 Å². The lowest BCUT2D eigenvalue weighted by atomic mass is 9.63. The van der Waals surface area contributed by atoms with Crippen LogP contribution in [0.15, 0.2) is 66.7 Å². The molecule has 3 aromatic rings. The highest BCUT2D eigenvalue weighted by atomic mass is 16.5. The maximum absolute atomic E-state index is 14.7. The number of ketones is 3. The van der Waals surface area contributed by atoms with Crippen LogP contribution in [0.25, 0.3) is 6.08 Å². The number of hydrogen-bond donors (Lipinski definition) is 0. The van der Waals surface area contributed by atoms with Gasteiger partial charge in [0.05, 0.1) is 26.3 Å². The molecule has 1 spiro atoms. The summed E-state index contributed by atoms with van der Waals surface area (Å²) in [5.74, 6) is -0.354. The molecule has 0 unspecified atom stereocenters. The van der Waals surface area contributed by atoms with Crippen LogP contribution >= 0.6 is 0 Å². The first-order valence-corrected chi connectivity index (χ1v) is 13.6. The summed E-state index contributed by atoms with van der Waals surface area (Å²) in [6.07, 6.45) is 3.93. The molecule has 0 radical (unpaired) electrons. The Morgan fingerprint density at radius 1 is 0.900 bits per heavy atom. The van der Waals surface area contributed by atoms with Gasteiger partial charge in [-0.3, -0.25) is 14.4 Å². The standard InChI is InChI=1S/C34H33NO5/c1-19-11-14-25-20(17-19)12-16-27-34(30(36)22-9-7-8-10-23(22)31(34)37)28(29(35(25)27)32(38)33(2,3)4)24-18-21(39-5)13-15-26(24)40-6/h7-18,27-29H,1-6H3/t27-,28-,29+/m0/s1. The van der Waals surface area contributed by atoms with Crippen LogP contribution in [0.3, 0.4) is 0 Å². The van der Waals surface area contributed by atoms with Crippen molar-refractivity contribution >= 4 is 29.1 Å². The van der Waals surface area contributed by atoms with E-state index in [9.17, 15) is 14.4 Å². The second-order valence-electron chi connectivity index (χ2n) is 12.0. The molecule has 3 aromatic carbocycles. The summed E-state index contributed by atoms with van der Waals surface area (Å²) in [7, 11) is 3.13. The van der Waals surface area contributed by atoms with Crippen molar-refractivity contribution in [2.45, 2.75) is 45.7 Å². The molecule has 2 aliphatic heterocycles. The van der Waals surface area contributed by atoms with E-state index in [4.69, 9.17) is 9.47 Å². The molecule has 0 aromatic heterocycles. The first-order valence-electron chi connectivity index (χ1n) is 13.6. The fourth-order valence-electron chi connectivity index (χ4n) is 6.97. The Bertz CT molecular complexity index is 1580. The van der Waals surface area contributed by atoms with E-state index in [1.54, 1.807) is 50.6 Å². The SMILES string of the molecule is COc1ccc(OC)c([C@H]2[C@H](C(=O)C(C)(C)C)N3c4ccc(C)cc4C=C[C@H]3C23C(=O)c2ccccc2C3=O)c1. The van der Waals surface area contributed by atoms with Crippen molar-refractivity contribution in [3.8, 4) is 11.5 Å². The van der Waals surface area contributed by atoms with Crippen LogP contribution in [-0.2, 0) is 4.79 Å². The average Bonchev–Trinajstić information content (AvgIpc) is 3.37. The van der Waals surface area contributed by atoms with Crippen molar-refractivity contribution in [2.75, 3.05) is 19.1 Å². The minimum absolute atomic E-state index is 0.0531. The lowest BCUT2D eigenvalue weighted by Crippen LogP contribution is -2.49. The van der Waals surface area contributed by atoms with Crippen LogP contribution in [0.5, 0.6) is 11.5 Å². The van der Waals surface area contributed by atoms with Gasteiger partial charge in [-0.1, -0.05) is 68.8 Å². The van der Waals surface area contributed by atoms with Crippen molar-refractivity contribution in [1.82, 2.24) is 0 Å². The van der Waals surface area contributed by atoms with E-state index in [0.717, 1.165) is 16.8 Å². The van der Waals surface area contributed by atoms with E-state index >= 15 is 0 Å². The van der Waals surface area contributed by atoms with Crippen LogP contribution in [0, 0.1) is 17.8 Å². The highest BCUT2D eigenvalue weighted by molar-refractivity contribution is 6.32. The van der Waals surface area contributed by atoms with Gasteiger partial charge in [-0.15, -0.1) is 0 Å². The predicted molar refractivity (Wildman–Crippen MR) is 155 cm³/mol.